The number of benzene rings is 1. The zero-order chi connectivity index (χ0) is 19.4. The van der Waals surface area contributed by atoms with E-state index < -0.39 is 23.8 Å². The van der Waals surface area contributed by atoms with Crippen LogP contribution in [0.4, 0.5) is 23.1 Å². The van der Waals surface area contributed by atoms with Crippen molar-refractivity contribution in [2.24, 2.45) is 0 Å². The molecule has 0 radical (unpaired) electrons. The predicted octanol–water partition coefficient (Wildman–Crippen LogP) is 3.04. The van der Waals surface area contributed by atoms with E-state index in [-0.39, 0.29) is 23.1 Å². The zero-order valence-electron chi connectivity index (χ0n) is 14.0. The molecule has 0 bridgehead atoms. The Labute approximate surface area is 156 Å². The first-order valence-electron chi connectivity index (χ1n) is 8.11. The van der Waals surface area contributed by atoms with Gasteiger partial charge in [-0.05, 0) is 24.1 Å². The number of anilines is 1. The van der Waals surface area contributed by atoms with Crippen molar-refractivity contribution in [2.75, 3.05) is 18.4 Å². The molecule has 0 spiro atoms. The Hall–Kier alpha value is -2.69. The molecule has 1 fully saturated rings. The van der Waals surface area contributed by atoms with Crippen LogP contribution < -0.4 is 10.6 Å². The first-order valence-corrected chi connectivity index (χ1v) is 8.99. The fourth-order valence-corrected chi connectivity index (χ4v) is 3.24. The van der Waals surface area contributed by atoms with Crippen molar-refractivity contribution < 1.29 is 22.8 Å². The maximum Gasteiger partial charge on any atom is 0.416 e. The minimum absolute atomic E-state index is 0.0849. The summed E-state index contributed by atoms with van der Waals surface area (Å²) >= 11 is 1.11. The highest BCUT2D eigenvalue weighted by Gasteiger charge is 2.32. The van der Waals surface area contributed by atoms with Gasteiger partial charge in [0.1, 0.15) is 5.51 Å². The summed E-state index contributed by atoms with van der Waals surface area (Å²) < 4.78 is 39.1. The lowest BCUT2D eigenvalue weighted by molar-refractivity contribution is -0.137. The van der Waals surface area contributed by atoms with Crippen LogP contribution in [0.5, 0.6) is 0 Å². The molecule has 2 N–H and O–H groups in total. The highest BCUT2D eigenvalue weighted by Crippen LogP contribution is 2.31. The van der Waals surface area contributed by atoms with Crippen molar-refractivity contribution in [3.8, 4) is 0 Å². The summed E-state index contributed by atoms with van der Waals surface area (Å²) in [5, 5.41) is 12.6. The van der Waals surface area contributed by atoms with Gasteiger partial charge in [-0.1, -0.05) is 23.5 Å². The minimum atomic E-state index is -4.50. The van der Waals surface area contributed by atoms with Crippen molar-refractivity contribution >= 4 is 28.4 Å². The summed E-state index contributed by atoms with van der Waals surface area (Å²) in [4.78, 5) is 25.7. The van der Waals surface area contributed by atoms with Crippen LogP contribution in [0.15, 0.2) is 29.8 Å². The number of likely N-dealkylation sites (tertiary alicyclic amines) is 1. The molecule has 0 unspecified atom stereocenters. The van der Waals surface area contributed by atoms with Crippen LogP contribution in [0, 0.1) is 0 Å². The van der Waals surface area contributed by atoms with Crippen LogP contribution in [0.25, 0.3) is 0 Å². The van der Waals surface area contributed by atoms with Crippen LogP contribution in [0.1, 0.15) is 30.0 Å². The first-order chi connectivity index (χ1) is 12.8. The third-order valence-electron chi connectivity index (χ3n) is 4.08. The molecule has 3 amide bonds. The topological polar surface area (TPSA) is 87.2 Å². The number of alkyl halides is 3. The third kappa shape index (κ3) is 4.94. The van der Waals surface area contributed by atoms with Crippen LogP contribution in [-0.2, 0) is 11.0 Å². The number of urea groups is 1. The smallest absolute Gasteiger partial charge is 0.340 e. The number of rotatable bonds is 5. The molecule has 1 aliphatic heterocycles. The summed E-state index contributed by atoms with van der Waals surface area (Å²) in [5.74, 6) is -0.0849. The summed E-state index contributed by atoms with van der Waals surface area (Å²) in [5.41, 5.74) is 0.879. The first kappa shape index (κ1) is 19.1. The van der Waals surface area contributed by atoms with Crippen LogP contribution >= 0.6 is 11.3 Å². The van der Waals surface area contributed by atoms with Crippen molar-refractivity contribution in [1.29, 1.82) is 0 Å². The Balaban J connectivity index is 1.80. The largest absolute Gasteiger partial charge is 0.416 e. The molecule has 3 rings (SSSR count). The summed E-state index contributed by atoms with van der Waals surface area (Å²) in [7, 11) is 0. The van der Waals surface area contributed by atoms with Crippen LogP contribution in [0.2, 0.25) is 0 Å². The highest BCUT2D eigenvalue weighted by molar-refractivity contribution is 7.13. The summed E-state index contributed by atoms with van der Waals surface area (Å²) in [6.45, 7) is 0.595. The maximum atomic E-state index is 13.0. The Morgan fingerprint density at radius 2 is 2.19 bits per heavy atom. The standard InChI is InChI=1S/C16H16F3N5O2S/c17-16(18,19)11-4-1-3-10(7-11)12(8-24-6-2-5-13(24)25)21-14(26)22-15-23-20-9-27-15/h1,3-4,7,9,12H,2,5-6,8H2,(H2,21,22,23,26)/t12-/m0/s1. The predicted molar refractivity (Wildman–Crippen MR) is 92.1 cm³/mol. The number of aromatic nitrogens is 2. The van der Waals surface area contributed by atoms with Crippen molar-refractivity contribution in [2.45, 2.75) is 25.1 Å². The Bertz CT molecular complexity index is 813. The fourth-order valence-electron chi connectivity index (χ4n) is 2.80. The molecule has 27 heavy (non-hydrogen) atoms. The quantitative estimate of drug-likeness (QED) is 0.809. The van der Waals surface area contributed by atoms with Crippen LogP contribution in [0.3, 0.4) is 0 Å². The monoisotopic (exact) mass is 399 g/mol. The Morgan fingerprint density at radius 1 is 1.37 bits per heavy atom. The van der Waals surface area contributed by atoms with Gasteiger partial charge in [0.25, 0.3) is 0 Å². The second-order valence-corrected chi connectivity index (χ2v) is 6.79. The molecular formula is C16H16F3N5O2S. The van der Waals surface area contributed by atoms with E-state index in [0.29, 0.717) is 19.4 Å². The number of hydrogen-bond donors (Lipinski definition) is 2. The van der Waals surface area contributed by atoms with Gasteiger partial charge in [0.2, 0.25) is 11.0 Å². The lowest BCUT2D eigenvalue weighted by Crippen LogP contribution is -2.40. The van der Waals surface area contributed by atoms with Crippen LogP contribution in [-0.4, -0.2) is 40.1 Å². The van der Waals surface area contributed by atoms with Crippen molar-refractivity contribution in [3.05, 3.63) is 40.9 Å². The molecule has 2 heterocycles. The van der Waals surface area contributed by atoms with E-state index in [2.05, 4.69) is 20.8 Å². The second kappa shape index (κ2) is 7.91. The highest BCUT2D eigenvalue weighted by atomic mass is 32.1. The van der Waals surface area contributed by atoms with Gasteiger partial charge >= 0.3 is 12.2 Å². The van der Waals surface area contributed by atoms with Gasteiger partial charge in [-0.25, -0.2) is 4.79 Å². The minimum Gasteiger partial charge on any atom is -0.340 e. The van der Waals surface area contributed by atoms with E-state index >= 15 is 0 Å². The molecule has 0 saturated carbocycles. The van der Waals surface area contributed by atoms with E-state index in [1.807, 2.05) is 0 Å². The fraction of sp³-hybridized carbons (Fsp3) is 0.375. The molecule has 2 aromatic rings. The average molecular weight is 399 g/mol. The van der Waals surface area contributed by atoms with Gasteiger partial charge in [0.15, 0.2) is 0 Å². The van der Waals surface area contributed by atoms with Gasteiger partial charge in [0, 0.05) is 19.5 Å². The SMILES string of the molecule is O=C(Nc1nncs1)N[C@@H](CN1CCCC1=O)c1cccc(C(F)(F)F)c1. The molecule has 1 aromatic carbocycles. The van der Waals surface area contributed by atoms with Gasteiger partial charge in [-0.2, -0.15) is 13.2 Å². The van der Waals surface area contributed by atoms with E-state index in [1.165, 1.54) is 22.5 Å². The molecule has 1 atom stereocenters. The molecule has 11 heteroatoms. The lowest BCUT2D eigenvalue weighted by atomic mass is 10.0. The van der Waals surface area contributed by atoms with Gasteiger partial charge in [0.05, 0.1) is 11.6 Å². The number of halogens is 3. The zero-order valence-corrected chi connectivity index (χ0v) is 14.8. The summed E-state index contributed by atoms with van der Waals surface area (Å²) in [6.07, 6.45) is -3.42. The number of amides is 3. The van der Waals surface area contributed by atoms with E-state index in [1.54, 1.807) is 0 Å². The molecule has 0 aliphatic carbocycles. The Kier molecular flexibility index (Phi) is 5.59. The molecule has 1 saturated heterocycles. The maximum absolute atomic E-state index is 13.0. The number of nitrogens with zero attached hydrogens (tertiary/aromatic N) is 3. The number of carbonyl (C=O) groups excluding carboxylic acids is 2. The molecule has 144 valence electrons. The van der Waals surface area contributed by atoms with E-state index in [0.717, 1.165) is 23.5 Å². The van der Waals surface area contributed by atoms with E-state index in [4.69, 9.17) is 0 Å². The van der Waals surface area contributed by atoms with E-state index in [9.17, 15) is 22.8 Å². The Morgan fingerprint density at radius 3 is 2.81 bits per heavy atom. The molecule has 1 aliphatic rings. The van der Waals surface area contributed by atoms with Gasteiger partial charge in [-0.15, -0.1) is 10.2 Å². The van der Waals surface area contributed by atoms with Gasteiger partial charge in [-0.3, -0.25) is 10.1 Å². The molecule has 1 aromatic heterocycles. The molecule has 7 nitrogen and oxygen atoms in total. The van der Waals surface area contributed by atoms with Gasteiger partial charge < -0.3 is 10.2 Å². The molecular weight excluding hydrogens is 383 g/mol. The third-order valence-corrected chi connectivity index (χ3v) is 4.68. The number of nitrogens with one attached hydrogen (secondary N) is 2. The van der Waals surface area contributed by atoms with Crippen molar-refractivity contribution in [1.82, 2.24) is 20.4 Å². The normalized spacial score (nSPS) is 15.7. The van der Waals surface area contributed by atoms with Crippen molar-refractivity contribution in [3.63, 3.8) is 0 Å². The number of carbonyl (C=O) groups is 2. The summed E-state index contributed by atoms with van der Waals surface area (Å²) in [6, 6.07) is 3.27. The number of hydrogen-bond acceptors (Lipinski definition) is 5. The second-order valence-electron chi connectivity index (χ2n) is 5.96. The average Bonchev–Trinajstić information content (AvgIpc) is 3.26. The lowest BCUT2D eigenvalue weighted by Gasteiger charge is -2.25.